The monoisotopic (exact) mass is 464 g/mol. The molecule has 0 saturated carbocycles. The molecule has 0 bridgehead atoms. The van der Waals surface area contributed by atoms with Crippen LogP contribution in [-0.4, -0.2) is 56.2 Å². The Morgan fingerprint density at radius 2 is 2.08 bits per heavy atom. The SMILES string of the molecule is CCN1CCCC1CNC(=NC)NCC(C)Oc1ccc(F)cc1.I. The molecule has 1 heterocycles. The van der Waals surface area contributed by atoms with E-state index in [1.165, 1.54) is 31.5 Å². The van der Waals surface area contributed by atoms with Crippen LogP contribution in [0.2, 0.25) is 0 Å². The molecule has 1 aliphatic rings. The summed E-state index contributed by atoms with van der Waals surface area (Å²) >= 11 is 0. The second-order valence-corrected chi connectivity index (χ2v) is 6.14. The van der Waals surface area contributed by atoms with Crippen LogP contribution in [-0.2, 0) is 0 Å². The van der Waals surface area contributed by atoms with Crippen LogP contribution in [0.1, 0.15) is 26.7 Å². The second kappa shape index (κ2) is 11.5. The van der Waals surface area contributed by atoms with Gasteiger partial charge in [0.25, 0.3) is 0 Å². The number of likely N-dealkylation sites (tertiary alicyclic amines) is 1. The molecule has 0 radical (unpaired) electrons. The maximum absolute atomic E-state index is 12.9. The van der Waals surface area contributed by atoms with Crippen LogP contribution in [0.25, 0.3) is 0 Å². The van der Waals surface area contributed by atoms with Crippen molar-refractivity contribution in [3.05, 3.63) is 30.1 Å². The van der Waals surface area contributed by atoms with Crippen molar-refractivity contribution in [3.8, 4) is 5.75 Å². The third kappa shape index (κ3) is 7.35. The molecule has 2 rings (SSSR count). The van der Waals surface area contributed by atoms with E-state index in [0.29, 0.717) is 18.3 Å². The van der Waals surface area contributed by atoms with Crippen LogP contribution in [0.15, 0.2) is 29.3 Å². The first-order chi connectivity index (χ1) is 11.6. The van der Waals surface area contributed by atoms with Gasteiger partial charge in [0.15, 0.2) is 5.96 Å². The minimum absolute atomic E-state index is 0. The summed E-state index contributed by atoms with van der Waals surface area (Å²) < 4.78 is 18.7. The number of benzene rings is 1. The van der Waals surface area contributed by atoms with Crippen molar-refractivity contribution >= 4 is 29.9 Å². The zero-order chi connectivity index (χ0) is 17.4. The summed E-state index contributed by atoms with van der Waals surface area (Å²) in [5, 5.41) is 6.67. The van der Waals surface area contributed by atoms with E-state index in [-0.39, 0.29) is 35.9 Å². The third-order valence-electron chi connectivity index (χ3n) is 4.34. The first kappa shape index (κ1) is 22.0. The molecule has 25 heavy (non-hydrogen) atoms. The van der Waals surface area contributed by atoms with Crippen LogP contribution in [0.5, 0.6) is 5.75 Å². The molecule has 2 N–H and O–H groups in total. The molecule has 2 atom stereocenters. The van der Waals surface area contributed by atoms with E-state index in [4.69, 9.17) is 4.74 Å². The molecular formula is C18H30FIN4O. The maximum Gasteiger partial charge on any atom is 0.191 e. The molecule has 142 valence electrons. The fourth-order valence-electron chi connectivity index (χ4n) is 3.01. The minimum atomic E-state index is -0.259. The van der Waals surface area contributed by atoms with E-state index in [0.717, 1.165) is 19.0 Å². The number of hydrogen-bond acceptors (Lipinski definition) is 3. The highest BCUT2D eigenvalue weighted by molar-refractivity contribution is 14.0. The number of halogens is 2. The molecule has 7 heteroatoms. The third-order valence-corrected chi connectivity index (χ3v) is 4.34. The van der Waals surface area contributed by atoms with Crippen molar-refractivity contribution < 1.29 is 9.13 Å². The normalized spacial score (nSPS) is 19.2. The summed E-state index contributed by atoms with van der Waals surface area (Å²) in [6, 6.07) is 6.66. The number of hydrogen-bond donors (Lipinski definition) is 2. The first-order valence-corrected chi connectivity index (χ1v) is 8.73. The van der Waals surface area contributed by atoms with E-state index in [2.05, 4.69) is 27.4 Å². The van der Waals surface area contributed by atoms with Gasteiger partial charge < -0.3 is 15.4 Å². The van der Waals surface area contributed by atoms with Crippen molar-refractivity contribution in [3.63, 3.8) is 0 Å². The second-order valence-electron chi connectivity index (χ2n) is 6.14. The van der Waals surface area contributed by atoms with Crippen molar-refractivity contribution in [2.24, 2.45) is 4.99 Å². The summed E-state index contributed by atoms with van der Waals surface area (Å²) in [4.78, 5) is 6.76. The smallest absolute Gasteiger partial charge is 0.191 e. The highest BCUT2D eigenvalue weighted by atomic mass is 127. The quantitative estimate of drug-likeness (QED) is 0.370. The number of rotatable bonds is 7. The Morgan fingerprint density at radius 1 is 1.36 bits per heavy atom. The van der Waals surface area contributed by atoms with Crippen LogP contribution >= 0.6 is 24.0 Å². The molecular weight excluding hydrogens is 434 g/mol. The Balaban J connectivity index is 0.00000312. The van der Waals surface area contributed by atoms with E-state index in [9.17, 15) is 4.39 Å². The number of guanidine groups is 1. The van der Waals surface area contributed by atoms with Crippen molar-refractivity contribution in [2.45, 2.75) is 38.8 Å². The molecule has 1 aromatic rings. The van der Waals surface area contributed by atoms with Gasteiger partial charge in [-0.15, -0.1) is 24.0 Å². The van der Waals surface area contributed by atoms with Gasteiger partial charge in [-0.05, 0) is 57.1 Å². The molecule has 0 amide bonds. The molecule has 0 aliphatic carbocycles. The fraction of sp³-hybridized carbons (Fsp3) is 0.611. The van der Waals surface area contributed by atoms with Gasteiger partial charge in [0.2, 0.25) is 0 Å². The fourth-order valence-corrected chi connectivity index (χ4v) is 3.01. The molecule has 0 aromatic heterocycles. The highest BCUT2D eigenvalue weighted by Crippen LogP contribution is 2.15. The van der Waals surface area contributed by atoms with Crippen molar-refractivity contribution in [1.82, 2.24) is 15.5 Å². The van der Waals surface area contributed by atoms with Crippen LogP contribution in [0.4, 0.5) is 4.39 Å². The van der Waals surface area contributed by atoms with Gasteiger partial charge in [0, 0.05) is 19.6 Å². The molecule has 0 spiro atoms. The largest absolute Gasteiger partial charge is 0.489 e. The Kier molecular flexibility index (Phi) is 10.1. The Morgan fingerprint density at radius 3 is 2.72 bits per heavy atom. The lowest BCUT2D eigenvalue weighted by atomic mass is 10.2. The summed E-state index contributed by atoms with van der Waals surface area (Å²) in [5.41, 5.74) is 0. The van der Waals surface area contributed by atoms with Gasteiger partial charge in [-0.25, -0.2) is 4.39 Å². The number of ether oxygens (including phenoxy) is 1. The van der Waals surface area contributed by atoms with Gasteiger partial charge in [-0.3, -0.25) is 9.89 Å². The Hall–Kier alpha value is -1.09. The average molecular weight is 464 g/mol. The highest BCUT2D eigenvalue weighted by Gasteiger charge is 2.22. The zero-order valence-electron chi connectivity index (χ0n) is 15.3. The Bertz CT molecular complexity index is 526. The van der Waals surface area contributed by atoms with E-state index in [1.807, 2.05) is 6.92 Å². The predicted molar refractivity (Wildman–Crippen MR) is 112 cm³/mol. The lowest BCUT2D eigenvalue weighted by molar-refractivity contribution is 0.223. The maximum atomic E-state index is 12.9. The van der Waals surface area contributed by atoms with Gasteiger partial charge in [0.1, 0.15) is 17.7 Å². The molecule has 1 saturated heterocycles. The van der Waals surface area contributed by atoms with Crippen LogP contribution in [0.3, 0.4) is 0 Å². The molecule has 5 nitrogen and oxygen atoms in total. The number of likely N-dealkylation sites (N-methyl/N-ethyl adjacent to an activating group) is 1. The van der Waals surface area contributed by atoms with Gasteiger partial charge in [0.05, 0.1) is 6.54 Å². The topological polar surface area (TPSA) is 48.9 Å². The molecule has 1 fully saturated rings. The van der Waals surface area contributed by atoms with Crippen molar-refractivity contribution in [1.29, 1.82) is 0 Å². The summed E-state index contributed by atoms with van der Waals surface area (Å²) in [7, 11) is 1.77. The van der Waals surface area contributed by atoms with E-state index in [1.54, 1.807) is 19.2 Å². The van der Waals surface area contributed by atoms with Gasteiger partial charge in [-0.1, -0.05) is 6.92 Å². The number of aliphatic imine (C=N–C) groups is 1. The van der Waals surface area contributed by atoms with Crippen molar-refractivity contribution in [2.75, 3.05) is 33.2 Å². The summed E-state index contributed by atoms with van der Waals surface area (Å²) in [5.74, 6) is 1.19. The predicted octanol–water partition coefficient (Wildman–Crippen LogP) is 2.86. The lowest BCUT2D eigenvalue weighted by Gasteiger charge is -2.24. The van der Waals surface area contributed by atoms with Gasteiger partial charge in [-0.2, -0.15) is 0 Å². The first-order valence-electron chi connectivity index (χ1n) is 8.73. The summed E-state index contributed by atoms with van der Waals surface area (Å²) in [6.45, 7) is 8.00. The zero-order valence-corrected chi connectivity index (χ0v) is 17.6. The summed E-state index contributed by atoms with van der Waals surface area (Å²) in [6.07, 6.45) is 2.46. The Labute approximate surface area is 167 Å². The number of nitrogens with zero attached hydrogens (tertiary/aromatic N) is 2. The average Bonchev–Trinajstić information content (AvgIpc) is 3.04. The minimum Gasteiger partial charge on any atom is -0.489 e. The number of nitrogens with one attached hydrogen (secondary N) is 2. The van der Waals surface area contributed by atoms with Crippen LogP contribution in [0, 0.1) is 5.82 Å². The lowest BCUT2D eigenvalue weighted by Crippen LogP contribution is -2.46. The van der Waals surface area contributed by atoms with E-state index >= 15 is 0 Å². The van der Waals surface area contributed by atoms with E-state index < -0.39 is 0 Å². The molecule has 1 aliphatic heterocycles. The molecule has 1 aromatic carbocycles. The van der Waals surface area contributed by atoms with Gasteiger partial charge >= 0.3 is 0 Å². The standard InChI is InChI=1S/C18H29FN4O.HI/c1-4-23-11-5-6-16(23)13-22-18(20-3)21-12-14(2)24-17-9-7-15(19)8-10-17;/h7-10,14,16H,4-6,11-13H2,1-3H3,(H2,20,21,22);1H. The van der Waals surface area contributed by atoms with Crippen LogP contribution < -0.4 is 15.4 Å². The molecule has 2 unspecified atom stereocenters.